The first-order valence-corrected chi connectivity index (χ1v) is 10.1. The van der Waals surface area contributed by atoms with E-state index in [-0.39, 0.29) is 17.3 Å². The molecule has 1 aromatic heterocycles. The van der Waals surface area contributed by atoms with Gasteiger partial charge in [-0.25, -0.2) is 13.4 Å². The molecular formula is C19H20N4O3S. The summed E-state index contributed by atoms with van der Waals surface area (Å²) >= 11 is 0. The summed E-state index contributed by atoms with van der Waals surface area (Å²) in [4.78, 5) is 16.9. The van der Waals surface area contributed by atoms with Crippen LogP contribution in [0.4, 0.5) is 5.82 Å². The van der Waals surface area contributed by atoms with E-state index in [0.717, 1.165) is 5.69 Å². The van der Waals surface area contributed by atoms with Crippen LogP contribution in [-0.4, -0.2) is 36.7 Å². The quantitative estimate of drug-likeness (QED) is 0.871. The molecule has 0 radical (unpaired) electrons. The third-order valence-corrected chi connectivity index (χ3v) is 6.40. The number of rotatable bonds is 4. The van der Waals surface area contributed by atoms with Crippen LogP contribution >= 0.6 is 0 Å². The lowest BCUT2D eigenvalue weighted by Gasteiger charge is -2.31. The summed E-state index contributed by atoms with van der Waals surface area (Å²) in [7, 11) is -3.70. The van der Waals surface area contributed by atoms with Crippen LogP contribution in [0.25, 0.3) is 0 Å². The summed E-state index contributed by atoms with van der Waals surface area (Å²) in [5, 5.41) is 11.6. The Morgan fingerprint density at radius 3 is 2.67 bits per heavy atom. The number of nitriles is 1. The molecule has 0 spiro atoms. The summed E-state index contributed by atoms with van der Waals surface area (Å²) in [6, 6.07) is 13.1. The Hall–Kier alpha value is -2.76. The number of carbonyl (C=O) groups excluding carboxylic acids is 1. The van der Waals surface area contributed by atoms with Crippen molar-refractivity contribution in [3.05, 3.63) is 53.7 Å². The smallest absolute Gasteiger partial charge is 0.243 e. The fourth-order valence-electron chi connectivity index (χ4n) is 3.07. The molecule has 7 nitrogen and oxygen atoms in total. The first-order chi connectivity index (χ1) is 12.9. The van der Waals surface area contributed by atoms with E-state index in [1.807, 2.05) is 19.1 Å². The van der Waals surface area contributed by atoms with Gasteiger partial charge in [0.1, 0.15) is 5.82 Å². The number of aryl methyl sites for hydroxylation is 1. The first-order valence-electron chi connectivity index (χ1n) is 8.65. The average molecular weight is 384 g/mol. The predicted molar refractivity (Wildman–Crippen MR) is 100 cm³/mol. The first kappa shape index (κ1) is 19.0. The van der Waals surface area contributed by atoms with Crippen molar-refractivity contribution in [1.29, 1.82) is 5.26 Å². The van der Waals surface area contributed by atoms with Crippen LogP contribution < -0.4 is 5.32 Å². The molecule has 1 unspecified atom stereocenters. The van der Waals surface area contributed by atoms with E-state index < -0.39 is 15.9 Å². The zero-order valence-electron chi connectivity index (χ0n) is 14.9. The summed E-state index contributed by atoms with van der Waals surface area (Å²) < 4.78 is 27.1. The summed E-state index contributed by atoms with van der Waals surface area (Å²) in [5.74, 6) is -0.200. The fourth-order valence-corrected chi connectivity index (χ4v) is 4.59. The van der Waals surface area contributed by atoms with Gasteiger partial charge in [-0.3, -0.25) is 4.79 Å². The van der Waals surface area contributed by atoms with Crippen LogP contribution in [0.15, 0.2) is 47.4 Å². The Morgan fingerprint density at radius 2 is 2.00 bits per heavy atom. The predicted octanol–water partition coefficient (Wildman–Crippen LogP) is 2.30. The second kappa shape index (κ2) is 7.86. The number of aromatic nitrogens is 1. The van der Waals surface area contributed by atoms with Gasteiger partial charge in [-0.1, -0.05) is 6.07 Å². The highest BCUT2D eigenvalue weighted by Gasteiger charge is 2.33. The van der Waals surface area contributed by atoms with Gasteiger partial charge >= 0.3 is 0 Å². The fraction of sp³-hybridized carbons (Fsp3) is 0.316. The van der Waals surface area contributed by atoms with Crippen molar-refractivity contribution in [3.63, 3.8) is 0 Å². The van der Waals surface area contributed by atoms with Gasteiger partial charge in [0, 0.05) is 18.8 Å². The molecule has 0 aliphatic carbocycles. The van der Waals surface area contributed by atoms with Crippen LogP contribution in [-0.2, 0) is 14.8 Å². The number of benzene rings is 1. The molecule has 27 heavy (non-hydrogen) atoms. The lowest BCUT2D eigenvalue weighted by molar-refractivity contribution is -0.120. The molecule has 0 bridgehead atoms. The van der Waals surface area contributed by atoms with Crippen molar-refractivity contribution < 1.29 is 13.2 Å². The van der Waals surface area contributed by atoms with E-state index in [4.69, 9.17) is 5.26 Å². The number of piperidine rings is 1. The number of nitrogens with one attached hydrogen (secondary N) is 1. The molecule has 8 heteroatoms. The molecule has 140 valence electrons. The molecule has 1 saturated heterocycles. The maximum Gasteiger partial charge on any atom is 0.243 e. The van der Waals surface area contributed by atoms with Gasteiger partial charge in [0.2, 0.25) is 15.9 Å². The Bertz CT molecular complexity index is 981. The molecule has 1 aliphatic rings. The molecule has 0 saturated carbocycles. The largest absolute Gasteiger partial charge is 0.310 e. The van der Waals surface area contributed by atoms with Crippen molar-refractivity contribution in [2.24, 2.45) is 5.92 Å². The molecule has 1 atom stereocenters. The van der Waals surface area contributed by atoms with Gasteiger partial charge in [0.15, 0.2) is 0 Å². The number of anilines is 1. The minimum absolute atomic E-state index is 0.125. The maximum absolute atomic E-state index is 12.9. The monoisotopic (exact) mass is 384 g/mol. The van der Waals surface area contributed by atoms with Gasteiger partial charge in [0.05, 0.1) is 22.4 Å². The Balaban J connectivity index is 1.72. The molecular weight excluding hydrogens is 364 g/mol. The van der Waals surface area contributed by atoms with E-state index in [1.54, 1.807) is 12.1 Å². The van der Waals surface area contributed by atoms with Crippen molar-refractivity contribution in [3.8, 4) is 6.07 Å². The molecule has 1 aliphatic heterocycles. The van der Waals surface area contributed by atoms with Crippen LogP contribution in [0.1, 0.15) is 24.1 Å². The zero-order valence-corrected chi connectivity index (χ0v) is 15.7. The van der Waals surface area contributed by atoms with Crippen LogP contribution in [0.5, 0.6) is 0 Å². The second-order valence-electron chi connectivity index (χ2n) is 6.49. The zero-order chi connectivity index (χ0) is 19.4. The highest BCUT2D eigenvalue weighted by atomic mass is 32.2. The van der Waals surface area contributed by atoms with Crippen molar-refractivity contribution in [1.82, 2.24) is 9.29 Å². The molecule has 1 aromatic carbocycles. The Labute approximate surface area is 158 Å². The SMILES string of the molecule is Cc1cccc(NC(=O)C2CCCN(S(=O)(=O)c3ccc(C#N)cc3)C2)n1. The molecule has 3 rings (SSSR count). The number of amides is 1. The summed E-state index contributed by atoms with van der Waals surface area (Å²) in [6.07, 6.45) is 1.23. The number of nitrogens with zero attached hydrogens (tertiary/aromatic N) is 3. The molecule has 2 heterocycles. The van der Waals surface area contributed by atoms with Gasteiger partial charge < -0.3 is 5.32 Å². The number of hydrogen-bond acceptors (Lipinski definition) is 5. The highest BCUT2D eigenvalue weighted by molar-refractivity contribution is 7.89. The van der Waals surface area contributed by atoms with Gasteiger partial charge in [-0.2, -0.15) is 9.57 Å². The van der Waals surface area contributed by atoms with Crippen LogP contribution in [0, 0.1) is 24.2 Å². The molecule has 1 N–H and O–H groups in total. The number of pyridine rings is 1. The third kappa shape index (κ3) is 4.32. The third-order valence-electron chi connectivity index (χ3n) is 4.52. The standard InChI is InChI=1S/C19H20N4O3S/c1-14-4-2-6-18(21-14)22-19(24)16-5-3-11-23(13-16)27(25,26)17-9-7-15(12-20)8-10-17/h2,4,6-10,16H,3,5,11,13H2,1H3,(H,21,22,24). The highest BCUT2D eigenvalue weighted by Crippen LogP contribution is 2.25. The average Bonchev–Trinajstić information content (AvgIpc) is 2.68. The van der Waals surface area contributed by atoms with Gasteiger partial charge in [0.25, 0.3) is 0 Å². The summed E-state index contributed by atoms with van der Waals surface area (Å²) in [6.45, 7) is 2.33. The normalized spacial score (nSPS) is 17.9. The number of carbonyl (C=O) groups is 1. The maximum atomic E-state index is 12.9. The molecule has 2 aromatic rings. The van der Waals surface area contributed by atoms with E-state index in [0.29, 0.717) is 30.8 Å². The van der Waals surface area contributed by atoms with Crippen LogP contribution in [0.3, 0.4) is 0 Å². The minimum atomic E-state index is -3.70. The number of hydrogen-bond donors (Lipinski definition) is 1. The van der Waals surface area contributed by atoms with Crippen molar-refractivity contribution in [2.45, 2.75) is 24.7 Å². The van der Waals surface area contributed by atoms with Gasteiger partial charge in [-0.15, -0.1) is 0 Å². The second-order valence-corrected chi connectivity index (χ2v) is 8.43. The lowest BCUT2D eigenvalue weighted by Crippen LogP contribution is -2.43. The van der Waals surface area contributed by atoms with E-state index in [9.17, 15) is 13.2 Å². The molecule has 1 fully saturated rings. The van der Waals surface area contributed by atoms with Crippen molar-refractivity contribution >= 4 is 21.7 Å². The van der Waals surface area contributed by atoms with Gasteiger partial charge in [-0.05, 0) is 56.2 Å². The molecule has 1 amide bonds. The Morgan fingerprint density at radius 1 is 1.26 bits per heavy atom. The van der Waals surface area contributed by atoms with E-state index in [2.05, 4.69) is 10.3 Å². The topological polar surface area (TPSA) is 103 Å². The lowest BCUT2D eigenvalue weighted by atomic mass is 9.99. The number of sulfonamides is 1. The minimum Gasteiger partial charge on any atom is -0.310 e. The van der Waals surface area contributed by atoms with Crippen LogP contribution in [0.2, 0.25) is 0 Å². The summed E-state index contributed by atoms with van der Waals surface area (Å²) in [5.41, 5.74) is 1.19. The Kier molecular flexibility index (Phi) is 5.54. The van der Waals surface area contributed by atoms with E-state index >= 15 is 0 Å². The van der Waals surface area contributed by atoms with Crippen molar-refractivity contribution in [2.75, 3.05) is 18.4 Å². The van der Waals surface area contributed by atoms with E-state index in [1.165, 1.54) is 28.6 Å².